The minimum Gasteiger partial charge on any atom is -0.508 e. The van der Waals surface area contributed by atoms with Crippen LogP contribution in [0.15, 0.2) is 42.5 Å². The summed E-state index contributed by atoms with van der Waals surface area (Å²) in [6.45, 7) is 1.89. The number of non-ortho nitro benzene ring substituents is 1. The summed E-state index contributed by atoms with van der Waals surface area (Å²) >= 11 is 0. The van der Waals surface area contributed by atoms with Crippen LogP contribution < -0.4 is 0 Å². The average Bonchev–Trinajstić information content (AvgIpc) is 2.31. The van der Waals surface area contributed by atoms with Crippen molar-refractivity contribution in [3.05, 3.63) is 58.1 Å². The molecule has 0 saturated carbocycles. The number of rotatable bonds is 2. The van der Waals surface area contributed by atoms with Gasteiger partial charge in [0.2, 0.25) is 0 Å². The standard InChI is InChI=1S/C13H11NO3/c1-9-2-5-11(14(16)17)8-13(9)10-3-6-12(15)7-4-10/h2-8,15H,1H3. The number of nitro benzene ring substituents is 1. The Labute approximate surface area is 98.3 Å². The maximum Gasteiger partial charge on any atom is 0.270 e. The SMILES string of the molecule is Cc1ccc([N+](=O)[O-])cc1-c1ccc(O)cc1. The van der Waals surface area contributed by atoms with Crippen molar-refractivity contribution < 1.29 is 10.0 Å². The van der Waals surface area contributed by atoms with E-state index in [0.717, 1.165) is 16.7 Å². The molecule has 0 atom stereocenters. The molecule has 4 heteroatoms. The summed E-state index contributed by atoms with van der Waals surface area (Å²) in [5, 5.41) is 19.9. The summed E-state index contributed by atoms with van der Waals surface area (Å²) < 4.78 is 0. The minimum absolute atomic E-state index is 0.0682. The number of hydrogen-bond donors (Lipinski definition) is 1. The van der Waals surface area contributed by atoms with E-state index in [9.17, 15) is 15.2 Å². The molecule has 0 aromatic heterocycles. The Balaban J connectivity index is 2.54. The van der Waals surface area contributed by atoms with E-state index in [1.54, 1.807) is 36.4 Å². The quantitative estimate of drug-likeness (QED) is 0.634. The normalized spacial score (nSPS) is 10.2. The van der Waals surface area contributed by atoms with Crippen molar-refractivity contribution >= 4 is 5.69 Å². The summed E-state index contributed by atoms with van der Waals surface area (Å²) in [4.78, 5) is 10.3. The molecule has 0 radical (unpaired) electrons. The first-order valence-electron chi connectivity index (χ1n) is 5.12. The van der Waals surface area contributed by atoms with Crippen molar-refractivity contribution in [2.75, 3.05) is 0 Å². The molecule has 86 valence electrons. The zero-order valence-electron chi connectivity index (χ0n) is 9.25. The van der Waals surface area contributed by atoms with Gasteiger partial charge in [-0.3, -0.25) is 10.1 Å². The molecular formula is C13H11NO3. The molecule has 0 fully saturated rings. The molecule has 17 heavy (non-hydrogen) atoms. The lowest BCUT2D eigenvalue weighted by atomic mass is 10.00. The third kappa shape index (κ3) is 2.25. The van der Waals surface area contributed by atoms with Crippen molar-refractivity contribution in [2.45, 2.75) is 6.92 Å². The van der Waals surface area contributed by atoms with Crippen molar-refractivity contribution in [1.82, 2.24) is 0 Å². The Morgan fingerprint density at radius 3 is 2.35 bits per heavy atom. The summed E-state index contributed by atoms with van der Waals surface area (Å²) in [5.41, 5.74) is 2.68. The summed E-state index contributed by atoms with van der Waals surface area (Å²) in [5.74, 6) is 0.178. The lowest BCUT2D eigenvalue weighted by Crippen LogP contribution is -1.90. The van der Waals surface area contributed by atoms with Crippen molar-refractivity contribution in [1.29, 1.82) is 0 Å². The summed E-state index contributed by atoms with van der Waals surface area (Å²) in [7, 11) is 0. The Hall–Kier alpha value is -2.36. The van der Waals surface area contributed by atoms with Crippen LogP contribution in [-0.4, -0.2) is 10.0 Å². The van der Waals surface area contributed by atoms with Gasteiger partial charge in [0.25, 0.3) is 5.69 Å². The highest BCUT2D eigenvalue weighted by molar-refractivity contribution is 5.70. The van der Waals surface area contributed by atoms with Gasteiger partial charge in [0.1, 0.15) is 5.75 Å². The molecule has 0 spiro atoms. The van der Waals surface area contributed by atoms with Gasteiger partial charge in [-0.25, -0.2) is 0 Å². The van der Waals surface area contributed by atoms with E-state index < -0.39 is 4.92 Å². The molecule has 0 unspecified atom stereocenters. The summed E-state index contributed by atoms with van der Waals surface area (Å²) in [6, 6.07) is 11.4. The number of hydrogen-bond acceptors (Lipinski definition) is 3. The van der Waals surface area contributed by atoms with Gasteiger partial charge in [0, 0.05) is 12.1 Å². The molecule has 1 N–H and O–H groups in total. The van der Waals surface area contributed by atoms with Crippen LogP contribution in [0.2, 0.25) is 0 Å². The first-order valence-corrected chi connectivity index (χ1v) is 5.12. The molecule has 0 bridgehead atoms. The molecular weight excluding hydrogens is 218 g/mol. The second-order valence-corrected chi connectivity index (χ2v) is 3.80. The zero-order valence-corrected chi connectivity index (χ0v) is 9.25. The highest BCUT2D eigenvalue weighted by Crippen LogP contribution is 2.28. The van der Waals surface area contributed by atoms with Crippen LogP contribution >= 0.6 is 0 Å². The fraction of sp³-hybridized carbons (Fsp3) is 0.0769. The Kier molecular flexibility index (Phi) is 2.78. The number of nitro groups is 1. The Morgan fingerprint density at radius 1 is 1.12 bits per heavy atom. The maximum atomic E-state index is 10.7. The molecule has 0 saturated heterocycles. The Morgan fingerprint density at radius 2 is 1.76 bits per heavy atom. The average molecular weight is 229 g/mol. The third-order valence-electron chi connectivity index (χ3n) is 2.61. The number of benzene rings is 2. The van der Waals surface area contributed by atoms with E-state index in [1.165, 1.54) is 6.07 Å². The van der Waals surface area contributed by atoms with Crippen molar-refractivity contribution in [3.63, 3.8) is 0 Å². The molecule has 2 rings (SSSR count). The van der Waals surface area contributed by atoms with E-state index in [-0.39, 0.29) is 11.4 Å². The van der Waals surface area contributed by atoms with Gasteiger partial charge in [-0.1, -0.05) is 18.2 Å². The molecule has 0 aliphatic heterocycles. The lowest BCUT2D eigenvalue weighted by molar-refractivity contribution is -0.384. The van der Waals surface area contributed by atoms with Crippen LogP contribution in [0.3, 0.4) is 0 Å². The van der Waals surface area contributed by atoms with Crippen LogP contribution in [0.1, 0.15) is 5.56 Å². The first kappa shape index (κ1) is 11.1. The van der Waals surface area contributed by atoms with Crippen molar-refractivity contribution in [3.8, 4) is 16.9 Å². The third-order valence-corrected chi connectivity index (χ3v) is 2.61. The smallest absolute Gasteiger partial charge is 0.270 e. The van der Waals surface area contributed by atoms with Gasteiger partial charge in [0.15, 0.2) is 0 Å². The molecule has 0 aliphatic carbocycles. The highest BCUT2D eigenvalue weighted by Gasteiger charge is 2.09. The number of phenols is 1. The largest absolute Gasteiger partial charge is 0.508 e. The molecule has 0 amide bonds. The fourth-order valence-electron chi connectivity index (χ4n) is 1.68. The van der Waals surface area contributed by atoms with E-state index in [2.05, 4.69) is 0 Å². The number of phenolic OH excluding ortho intramolecular Hbond substituents is 1. The minimum atomic E-state index is -0.413. The van der Waals surface area contributed by atoms with E-state index in [4.69, 9.17) is 0 Å². The number of aromatic hydroxyl groups is 1. The monoisotopic (exact) mass is 229 g/mol. The fourth-order valence-corrected chi connectivity index (χ4v) is 1.68. The summed E-state index contributed by atoms with van der Waals surface area (Å²) in [6.07, 6.45) is 0. The van der Waals surface area contributed by atoms with Crippen LogP contribution in [0.4, 0.5) is 5.69 Å². The predicted molar refractivity (Wildman–Crippen MR) is 64.9 cm³/mol. The van der Waals surface area contributed by atoms with Crippen LogP contribution in [0.25, 0.3) is 11.1 Å². The van der Waals surface area contributed by atoms with Gasteiger partial charge in [-0.2, -0.15) is 0 Å². The molecule has 0 aliphatic rings. The van der Waals surface area contributed by atoms with Gasteiger partial charge in [-0.05, 0) is 35.7 Å². The van der Waals surface area contributed by atoms with Gasteiger partial charge < -0.3 is 5.11 Å². The van der Waals surface area contributed by atoms with Crippen molar-refractivity contribution in [2.24, 2.45) is 0 Å². The van der Waals surface area contributed by atoms with E-state index in [1.807, 2.05) is 6.92 Å². The highest BCUT2D eigenvalue weighted by atomic mass is 16.6. The van der Waals surface area contributed by atoms with E-state index >= 15 is 0 Å². The number of nitrogens with zero attached hydrogens (tertiary/aromatic N) is 1. The number of aryl methyl sites for hydroxylation is 1. The first-order chi connectivity index (χ1) is 8.08. The second kappa shape index (κ2) is 4.25. The topological polar surface area (TPSA) is 63.4 Å². The zero-order chi connectivity index (χ0) is 12.4. The maximum absolute atomic E-state index is 10.7. The predicted octanol–water partition coefficient (Wildman–Crippen LogP) is 3.28. The van der Waals surface area contributed by atoms with Gasteiger partial charge in [0.05, 0.1) is 4.92 Å². The van der Waals surface area contributed by atoms with Crippen LogP contribution in [0, 0.1) is 17.0 Å². The molecule has 2 aromatic carbocycles. The van der Waals surface area contributed by atoms with Crippen LogP contribution in [-0.2, 0) is 0 Å². The lowest BCUT2D eigenvalue weighted by Gasteiger charge is -2.05. The molecule has 4 nitrogen and oxygen atoms in total. The van der Waals surface area contributed by atoms with Gasteiger partial charge in [-0.15, -0.1) is 0 Å². The molecule has 0 heterocycles. The Bertz CT molecular complexity index is 561. The van der Waals surface area contributed by atoms with Gasteiger partial charge >= 0.3 is 0 Å². The van der Waals surface area contributed by atoms with E-state index in [0.29, 0.717) is 0 Å². The van der Waals surface area contributed by atoms with Crippen LogP contribution in [0.5, 0.6) is 5.75 Å². The molecule has 2 aromatic rings. The second-order valence-electron chi connectivity index (χ2n) is 3.80.